The fourth-order valence-corrected chi connectivity index (χ4v) is 9.79. The van der Waals surface area contributed by atoms with Crippen LogP contribution in [0.5, 0.6) is 46.0 Å². The van der Waals surface area contributed by atoms with Crippen molar-refractivity contribution >= 4 is 40.5 Å². The molecule has 4 aromatic rings. The van der Waals surface area contributed by atoms with Gasteiger partial charge in [0, 0.05) is 92.4 Å². The molecule has 4 aromatic carbocycles. The van der Waals surface area contributed by atoms with Crippen LogP contribution in [0.4, 0.5) is 0 Å². The summed E-state index contributed by atoms with van der Waals surface area (Å²) in [6, 6.07) is 7.00. The van der Waals surface area contributed by atoms with Gasteiger partial charge >= 0.3 is 0 Å². The predicted octanol–water partition coefficient (Wildman–Crippen LogP) is 3.28. The van der Waals surface area contributed by atoms with Crippen molar-refractivity contribution in [3.63, 3.8) is 0 Å². The van der Waals surface area contributed by atoms with Gasteiger partial charge in [0.1, 0.15) is 46.0 Å². The minimum absolute atomic E-state index is 0.337. The Hall–Kier alpha value is -5.08. The Morgan fingerprint density at radius 2 is 0.417 bits per heavy atom. The van der Waals surface area contributed by atoms with Gasteiger partial charge in [0.05, 0.1) is 23.0 Å². The van der Waals surface area contributed by atoms with E-state index in [1.807, 2.05) is 0 Å². The lowest BCUT2D eigenvalue weighted by Crippen LogP contribution is -2.16. The van der Waals surface area contributed by atoms with E-state index in [1.165, 1.54) is 0 Å². The van der Waals surface area contributed by atoms with Gasteiger partial charge in [-0.3, -0.25) is 18.2 Å². The first-order chi connectivity index (χ1) is 27.5. The number of hydrogen-bond acceptors (Lipinski definition) is 16. The molecule has 8 bridgehead atoms. The molecule has 0 saturated carbocycles. The molecular formula is C36H40O20S4. The molecule has 0 heterocycles. The van der Waals surface area contributed by atoms with Crippen LogP contribution in [0.25, 0.3) is 0 Å². The molecule has 0 amide bonds. The molecule has 1 aliphatic rings. The third-order valence-corrected chi connectivity index (χ3v) is 13.4. The Morgan fingerprint density at radius 1 is 0.283 bits per heavy atom. The van der Waals surface area contributed by atoms with E-state index in [9.17, 15) is 92.7 Å². The van der Waals surface area contributed by atoms with Crippen molar-refractivity contribution < 1.29 is 92.7 Å². The van der Waals surface area contributed by atoms with Crippen molar-refractivity contribution in [2.75, 3.05) is 23.0 Å². The van der Waals surface area contributed by atoms with E-state index < -0.39 is 159 Å². The highest BCUT2D eigenvalue weighted by molar-refractivity contribution is 7.86. The van der Waals surface area contributed by atoms with Crippen molar-refractivity contribution in [3.05, 3.63) is 93.0 Å². The Labute approximate surface area is 343 Å². The molecule has 12 N–H and O–H groups in total. The molecule has 0 saturated heterocycles. The minimum Gasteiger partial charge on any atom is -0.508 e. The first-order valence-corrected chi connectivity index (χ1v) is 24.0. The van der Waals surface area contributed by atoms with Gasteiger partial charge in [-0.2, -0.15) is 33.7 Å². The largest absolute Gasteiger partial charge is 0.508 e. The fourth-order valence-electron chi connectivity index (χ4n) is 7.66. The number of rotatable bonds is 12. The summed E-state index contributed by atoms with van der Waals surface area (Å²) in [4.78, 5) is 0. The van der Waals surface area contributed by atoms with Crippen LogP contribution in [0.3, 0.4) is 0 Å². The minimum atomic E-state index is -4.82. The van der Waals surface area contributed by atoms with E-state index in [-0.39, 0.29) is 44.5 Å². The highest BCUT2D eigenvalue weighted by atomic mass is 32.2. The predicted molar refractivity (Wildman–Crippen MR) is 211 cm³/mol. The van der Waals surface area contributed by atoms with Crippen LogP contribution >= 0.6 is 0 Å². The number of phenolic OH excluding ortho intramolecular Hbond substituents is 8. The molecule has 0 aliphatic heterocycles. The van der Waals surface area contributed by atoms with Crippen LogP contribution in [-0.4, -0.2) is 116 Å². The van der Waals surface area contributed by atoms with Gasteiger partial charge in [-0.1, -0.05) is 0 Å². The molecule has 0 spiro atoms. The van der Waals surface area contributed by atoms with Gasteiger partial charge in [0.2, 0.25) is 0 Å². The third kappa shape index (κ3) is 10.8. The van der Waals surface area contributed by atoms with Crippen LogP contribution in [0.15, 0.2) is 48.5 Å². The molecule has 24 heteroatoms. The first-order valence-electron chi connectivity index (χ1n) is 17.6. The normalized spacial score (nSPS) is 18.6. The molecule has 0 atom stereocenters. The lowest BCUT2D eigenvalue weighted by atomic mass is 9.77. The first kappa shape index (κ1) is 46.0. The number of fused-ring (bicyclic) bond motifs is 8. The van der Waals surface area contributed by atoms with Crippen molar-refractivity contribution in [1.82, 2.24) is 0 Å². The van der Waals surface area contributed by atoms with Crippen LogP contribution in [0.2, 0.25) is 0 Å². The zero-order chi connectivity index (χ0) is 44.9. The summed E-state index contributed by atoms with van der Waals surface area (Å²) in [6.45, 7) is 0. The highest BCUT2D eigenvalue weighted by Crippen LogP contribution is 2.51. The molecule has 0 fully saturated rings. The molecule has 1 aliphatic carbocycles. The quantitative estimate of drug-likeness (QED) is 0.0907. The Morgan fingerprint density at radius 3 is 0.533 bits per heavy atom. The van der Waals surface area contributed by atoms with Crippen LogP contribution in [0, 0.1) is 0 Å². The summed E-state index contributed by atoms with van der Waals surface area (Å²) in [5.74, 6) is -16.8. The number of hydrogen-bond donors (Lipinski definition) is 12. The maximum atomic E-state index is 12.1. The van der Waals surface area contributed by atoms with Crippen LogP contribution < -0.4 is 0 Å². The van der Waals surface area contributed by atoms with E-state index in [2.05, 4.69) is 0 Å². The maximum absolute atomic E-state index is 12.1. The molecule has 5 rings (SSSR count). The van der Waals surface area contributed by atoms with E-state index in [0.717, 1.165) is 48.5 Å². The second-order valence-electron chi connectivity index (χ2n) is 14.4. The second kappa shape index (κ2) is 16.8. The van der Waals surface area contributed by atoms with Crippen LogP contribution in [0.1, 0.15) is 93.9 Å². The van der Waals surface area contributed by atoms with Gasteiger partial charge in [-0.25, -0.2) is 0 Å². The molecular weight excluding hydrogens is 881 g/mol. The standard InChI is InChI=1S/C36H40O20S4/c37-29-13-31(39)23-9-21(29)17(1-5-57(45,46)47)22-10-24(32(40)14-30(22)38)19(3-7-59(51,52)53)26-12-28(36(44)16-34(26)42)20(4-8-60(54,55)56)27-11-25(33(41)15-35(27)43)18(23)2-6-58(48,49)50/h9-20,37-44H,1-8H2,(H,45,46,47)(H,48,49,50)(H,51,52,53)(H,54,55,56). The summed E-state index contributed by atoms with van der Waals surface area (Å²) >= 11 is 0. The topological polar surface area (TPSA) is 379 Å². The summed E-state index contributed by atoms with van der Waals surface area (Å²) in [7, 11) is -19.3. The summed E-state index contributed by atoms with van der Waals surface area (Å²) in [5.41, 5.74) is -2.70. The van der Waals surface area contributed by atoms with Crippen molar-refractivity contribution in [3.8, 4) is 46.0 Å². The van der Waals surface area contributed by atoms with E-state index in [0.29, 0.717) is 0 Å². The molecule has 60 heavy (non-hydrogen) atoms. The van der Waals surface area contributed by atoms with Gasteiger partial charge < -0.3 is 40.9 Å². The Kier molecular flexibility index (Phi) is 12.8. The third-order valence-electron chi connectivity index (χ3n) is 10.4. The van der Waals surface area contributed by atoms with Crippen LogP contribution in [-0.2, 0) is 40.5 Å². The Balaban J connectivity index is 2.01. The molecule has 0 aromatic heterocycles. The second-order valence-corrected chi connectivity index (χ2v) is 20.7. The average Bonchev–Trinajstić information content (AvgIpc) is 3.08. The number of aromatic hydroxyl groups is 8. The van der Waals surface area contributed by atoms with Gasteiger partial charge in [0.25, 0.3) is 40.5 Å². The summed E-state index contributed by atoms with van der Waals surface area (Å²) < 4.78 is 136. The molecule has 0 unspecified atom stereocenters. The smallest absolute Gasteiger partial charge is 0.264 e. The fraction of sp³-hybridized carbons (Fsp3) is 0.333. The van der Waals surface area contributed by atoms with Gasteiger partial charge in [-0.05, 0) is 49.9 Å². The molecule has 0 radical (unpaired) electrons. The molecule has 20 nitrogen and oxygen atoms in total. The zero-order valence-corrected chi connectivity index (χ0v) is 34.1. The lowest BCUT2D eigenvalue weighted by molar-refractivity contribution is 0.420. The van der Waals surface area contributed by atoms with E-state index in [4.69, 9.17) is 0 Å². The zero-order valence-electron chi connectivity index (χ0n) is 30.9. The van der Waals surface area contributed by atoms with E-state index in [1.54, 1.807) is 0 Å². The van der Waals surface area contributed by atoms with E-state index >= 15 is 0 Å². The molecule has 328 valence electrons. The highest BCUT2D eigenvalue weighted by Gasteiger charge is 2.34. The van der Waals surface area contributed by atoms with Gasteiger partial charge in [0.15, 0.2) is 0 Å². The van der Waals surface area contributed by atoms with Crippen molar-refractivity contribution in [2.24, 2.45) is 0 Å². The average molecular weight is 921 g/mol. The van der Waals surface area contributed by atoms with Gasteiger partial charge in [-0.15, -0.1) is 0 Å². The van der Waals surface area contributed by atoms with Crippen molar-refractivity contribution in [2.45, 2.75) is 49.4 Å². The van der Waals surface area contributed by atoms with Crippen molar-refractivity contribution in [1.29, 1.82) is 0 Å². The number of phenols is 8. The summed E-state index contributed by atoms with van der Waals surface area (Å²) in [6.07, 6.45) is -2.73. The maximum Gasteiger partial charge on any atom is 0.264 e. The monoisotopic (exact) mass is 920 g/mol. The number of benzene rings is 4. The SMILES string of the molecule is O=S(=O)(O)CCC1c2cc(c(O)cc2O)C(CCS(=O)(=O)O)c2cc(c(O)cc2O)C(CCS(=O)(=O)O)c2cc(c(O)cc2O)C(CCS(=O)(=O)O)c2cc1c(O)cc2O. The Bertz CT molecular complexity index is 2300. The summed E-state index contributed by atoms with van der Waals surface area (Å²) in [5, 5.41) is 90.3. The lowest BCUT2D eigenvalue weighted by Gasteiger charge is -2.29.